The molecule has 1 atom stereocenters. The minimum atomic E-state index is -0.385. The molecule has 3 rings (SSSR count). The molecule has 27 heavy (non-hydrogen) atoms. The summed E-state index contributed by atoms with van der Waals surface area (Å²) in [6, 6.07) is 7.65. The third-order valence-electron chi connectivity index (χ3n) is 4.91. The van der Waals surface area contributed by atoms with Crippen molar-refractivity contribution in [3.63, 3.8) is 0 Å². The molecule has 1 aromatic rings. The van der Waals surface area contributed by atoms with Gasteiger partial charge >= 0.3 is 5.97 Å². The van der Waals surface area contributed by atoms with Crippen LogP contribution in [0.25, 0.3) is 0 Å². The number of esters is 1. The van der Waals surface area contributed by atoms with E-state index < -0.39 is 0 Å². The van der Waals surface area contributed by atoms with Crippen LogP contribution < -0.4 is 4.74 Å². The fraction of sp³-hybridized carbons (Fsp3) is 0.600. The molecule has 1 aromatic carbocycles. The van der Waals surface area contributed by atoms with Crippen LogP contribution in [0.2, 0.25) is 0 Å². The normalized spacial score (nSPS) is 20.7. The molecule has 2 saturated heterocycles. The zero-order valence-electron chi connectivity index (χ0n) is 15.9. The number of para-hydroxylation sites is 1. The number of rotatable bonds is 8. The zero-order chi connectivity index (χ0) is 19.1. The predicted octanol–water partition coefficient (Wildman–Crippen LogP) is 2.69. The van der Waals surface area contributed by atoms with Crippen LogP contribution in [0.5, 0.6) is 5.75 Å². The van der Waals surface area contributed by atoms with E-state index in [4.69, 9.17) is 9.47 Å². The fourth-order valence-corrected chi connectivity index (χ4v) is 4.78. The van der Waals surface area contributed by atoms with Gasteiger partial charge in [0.1, 0.15) is 11.1 Å². The summed E-state index contributed by atoms with van der Waals surface area (Å²) >= 11 is 1.62. The van der Waals surface area contributed by atoms with Gasteiger partial charge in [-0.05, 0) is 38.9 Å². The van der Waals surface area contributed by atoms with Crippen LogP contribution in [-0.4, -0.2) is 66.8 Å². The molecular formula is C20H28N2O4S. The van der Waals surface area contributed by atoms with Crippen molar-refractivity contribution in [2.24, 2.45) is 0 Å². The molecule has 0 radical (unpaired) electrons. The summed E-state index contributed by atoms with van der Waals surface area (Å²) in [7, 11) is 0. The van der Waals surface area contributed by atoms with Crippen LogP contribution in [0.4, 0.5) is 0 Å². The summed E-state index contributed by atoms with van der Waals surface area (Å²) in [5.74, 6) is 0.906. The van der Waals surface area contributed by atoms with Crippen molar-refractivity contribution < 1.29 is 19.1 Å². The Morgan fingerprint density at radius 1 is 1.19 bits per heavy atom. The molecule has 6 nitrogen and oxygen atoms in total. The lowest BCUT2D eigenvalue weighted by molar-refractivity contribution is -0.145. The van der Waals surface area contributed by atoms with Gasteiger partial charge in [0.2, 0.25) is 5.91 Å². The summed E-state index contributed by atoms with van der Waals surface area (Å²) in [5.41, 5.74) is 0.941. The largest absolute Gasteiger partial charge is 0.482 e. The van der Waals surface area contributed by atoms with Gasteiger partial charge in [0.15, 0.2) is 6.61 Å². The van der Waals surface area contributed by atoms with E-state index >= 15 is 0 Å². The average Bonchev–Trinajstić information content (AvgIpc) is 3.06. The summed E-state index contributed by atoms with van der Waals surface area (Å²) in [5, 5.41) is -0.0688. The van der Waals surface area contributed by atoms with E-state index in [1.807, 2.05) is 29.2 Å². The van der Waals surface area contributed by atoms with Gasteiger partial charge in [0, 0.05) is 18.7 Å². The monoisotopic (exact) mass is 392 g/mol. The molecular weight excluding hydrogens is 364 g/mol. The highest BCUT2D eigenvalue weighted by Crippen LogP contribution is 2.42. The summed E-state index contributed by atoms with van der Waals surface area (Å²) in [4.78, 5) is 28.5. The Morgan fingerprint density at radius 2 is 1.96 bits per heavy atom. The minimum absolute atomic E-state index is 0.0688. The van der Waals surface area contributed by atoms with Crippen molar-refractivity contribution in [3.05, 3.63) is 29.8 Å². The zero-order valence-corrected chi connectivity index (χ0v) is 16.7. The summed E-state index contributed by atoms with van der Waals surface area (Å²) in [6.45, 7) is 5.87. The highest BCUT2D eigenvalue weighted by atomic mass is 32.2. The standard InChI is InChI=1S/C20H28N2O4S/c1-2-25-19(24)14-26-17-9-5-4-8-16(17)20-22(18(23)15-27-20)13-12-21-10-6-3-7-11-21/h4-5,8-9,20H,2-3,6-7,10-15H2,1H3. The number of carbonyl (C=O) groups is 2. The molecule has 0 aromatic heterocycles. The van der Waals surface area contributed by atoms with Gasteiger partial charge in [-0.2, -0.15) is 0 Å². The Kier molecular flexibility index (Phi) is 7.41. The maximum atomic E-state index is 12.5. The van der Waals surface area contributed by atoms with Crippen molar-refractivity contribution >= 4 is 23.6 Å². The van der Waals surface area contributed by atoms with Gasteiger partial charge in [-0.25, -0.2) is 4.79 Å². The molecule has 1 unspecified atom stereocenters. The summed E-state index contributed by atoms with van der Waals surface area (Å²) in [6.07, 6.45) is 3.80. The number of nitrogens with zero attached hydrogens (tertiary/aromatic N) is 2. The molecule has 7 heteroatoms. The van der Waals surface area contributed by atoms with Crippen LogP contribution in [0.1, 0.15) is 37.1 Å². The molecule has 0 saturated carbocycles. The van der Waals surface area contributed by atoms with Crippen LogP contribution in [-0.2, 0) is 14.3 Å². The maximum absolute atomic E-state index is 12.5. The SMILES string of the molecule is CCOC(=O)COc1ccccc1C1SCC(=O)N1CCN1CCCCC1. The minimum Gasteiger partial charge on any atom is -0.482 e. The Morgan fingerprint density at radius 3 is 2.74 bits per heavy atom. The van der Waals surface area contributed by atoms with Gasteiger partial charge in [0.05, 0.1) is 12.4 Å². The Bertz CT molecular complexity index is 649. The van der Waals surface area contributed by atoms with Crippen molar-refractivity contribution in [1.82, 2.24) is 9.80 Å². The van der Waals surface area contributed by atoms with E-state index in [2.05, 4.69) is 4.90 Å². The lowest BCUT2D eigenvalue weighted by Crippen LogP contribution is -2.39. The number of carbonyl (C=O) groups excluding carboxylic acids is 2. The first-order valence-electron chi connectivity index (χ1n) is 9.70. The number of piperidine rings is 1. The van der Waals surface area contributed by atoms with Crippen LogP contribution >= 0.6 is 11.8 Å². The second-order valence-corrected chi connectivity index (χ2v) is 7.85. The van der Waals surface area contributed by atoms with Gasteiger partial charge in [-0.3, -0.25) is 4.79 Å². The number of hydrogen-bond donors (Lipinski definition) is 0. The predicted molar refractivity (Wildman–Crippen MR) is 106 cm³/mol. The lowest BCUT2D eigenvalue weighted by Gasteiger charge is -2.31. The number of hydrogen-bond acceptors (Lipinski definition) is 6. The van der Waals surface area contributed by atoms with Crippen molar-refractivity contribution in [2.45, 2.75) is 31.6 Å². The van der Waals surface area contributed by atoms with Crippen molar-refractivity contribution in [3.8, 4) is 5.75 Å². The molecule has 0 N–H and O–H groups in total. The van der Waals surface area contributed by atoms with E-state index in [-0.39, 0.29) is 23.9 Å². The first kappa shape index (κ1) is 20.0. The Balaban J connectivity index is 1.66. The van der Waals surface area contributed by atoms with E-state index in [0.717, 1.165) is 31.7 Å². The average molecular weight is 393 g/mol. The van der Waals surface area contributed by atoms with Crippen LogP contribution in [0.3, 0.4) is 0 Å². The molecule has 148 valence electrons. The molecule has 0 bridgehead atoms. The Hall–Kier alpha value is -1.73. The molecule has 0 aliphatic carbocycles. The molecule has 2 fully saturated rings. The quantitative estimate of drug-likeness (QED) is 0.634. The first-order valence-corrected chi connectivity index (χ1v) is 10.7. The van der Waals surface area contributed by atoms with Gasteiger partial charge in [-0.1, -0.05) is 24.6 Å². The number of likely N-dealkylation sites (tertiary alicyclic amines) is 1. The molecule has 1 amide bonds. The fourth-order valence-electron chi connectivity index (χ4n) is 3.54. The molecule has 0 spiro atoms. The van der Waals surface area contributed by atoms with E-state index in [0.29, 0.717) is 18.1 Å². The van der Waals surface area contributed by atoms with Gasteiger partial charge in [0.25, 0.3) is 0 Å². The number of thioether (sulfide) groups is 1. The summed E-state index contributed by atoms with van der Waals surface area (Å²) < 4.78 is 10.6. The number of amides is 1. The lowest BCUT2D eigenvalue weighted by atomic mass is 10.1. The maximum Gasteiger partial charge on any atom is 0.344 e. The van der Waals surface area contributed by atoms with E-state index in [1.54, 1.807) is 18.7 Å². The molecule has 2 heterocycles. The number of ether oxygens (including phenoxy) is 2. The van der Waals surface area contributed by atoms with E-state index in [9.17, 15) is 9.59 Å². The second-order valence-electron chi connectivity index (χ2n) is 6.78. The van der Waals surface area contributed by atoms with Crippen molar-refractivity contribution in [1.29, 1.82) is 0 Å². The third kappa shape index (κ3) is 5.39. The van der Waals surface area contributed by atoms with E-state index in [1.165, 1.54) is 19.3 Å². The number of benzene rings is 1. The highest BCUT2D eigenvalue weighted by molar-refractivity contribution is 8.00. The van der Waals surface area contributed by atoms with Gasteiger partial charge < -0.3 is 19.3 Å². The smallest absolute Gasteiger partial charge is 0.344 e. The topological polar surface area (TPSA) is 59.1 Å². The first-order chi connectivity index (χ1) is 13.2. The third-order valence-corrected chi connectivity index (χ3v) is 6.15. The molecule has 2 aliphatic heterocycles. The van der Waals surface area contributed by atoms with Gasteiger partial charge in [-0.15, -0.1) is 11.8 Å². The van der Waals surface area contributed by atoms with Crippen molar-refractivity contribution in [2.75, 3.05) is 45.1 Å². The Labute approximate surface area is 165 Å². The highest BCUT2D eigenvalue weighted by Gasteiger charge is 2.34. The second kappa shape index (κ2) is 9.99. The van der Waals surface area contributed by atoms with Crippen LogP contribution in [0, 0.1) is 0 Å². The van der Waals surface area contributed by atoms with Crippen LogP contribution in [0.15, 0.2) is 24.3 Å². The molecule has 2 aliphatic rings.